The largest absolute Gasteiger partial charge is 0.391 e. The average molecular weight is 156 g/mol. The van der Waals surface area contributed by atoms with Gasteiger partial charge in [0, 0.05) is 19.0 Å². The Labute approximate surface area is 68.1 Å². The van der Waals surface area contributed by atoms with Gasteiger partial charge in [-0.25, -0.2) is 0 Å². The molecule has 1 rings (SSSR count). The van der Waals surface area contributed by atoms with Crippen LogP contribution in [0.2, 0.25) is 0 Å². The van der Waals surface area contributed by atoms with Crippen molar-refractivity contribution in [3.05, 3.63) is 0 Å². The zero-order chi connectivity index (χ0) is 8.43. The Hall–Kier alpha value is -0.0551. The lowest BCUT2D eigenvalue weighted by Crippen LogP contribution is -2.26. The van der Waals surface area contributed by atoms with Crippen molar-refractivity contribution in [3.8, 4) is 0 Å². The molecule has 4 atom stereocenters. The molecule has 2 radical (unpaired) electrons. The van der Waals surface area contributed by atoms with Crippen LogP contribution < -0.4 is 0 Å². The standard InChI is InChI=1S/C7H13BO3/c1-4-5(3-10-2)11-7(8)6(4)9/h4-7,9H,3H2,1-2H3/t4-,5-,6-,7-/m1/s1. The van der Waals surface area contributed by atoms with E-state index in [2.05, 4.69) is 0 Å². The van der Waals surface area contributed by atoms with Crippen molar-refractivity contribution in [2.75, 3.05) is 13.7 Å². The summed E-state index contributed by atoms with van der Waals surface area (Å²) in [5, 5.41) is 9.36. The van der Waals surface area contributed by atoms with E-state index in [0.717, 1.165) is 0 Å². The van der Waals surface area contributed by atoms with E-state index in [0.29, 0.717) is 6.61 Å². The topological polar surface area (TPSA) is 38.7 Å². The van der Waals surface area contributed by atoms with Crippen molar-refractivity contribution in [1.82, 2.24) is 0 Å². The fourth-order valence-corrected chi connectivity index (χ4v) is 1.28. The van der Waals surface area contributed by atoms with Crippen LogP contribution in [0, 0.1) is 5.92 Å². The molecular weight excluding hydrogens is 143 g/mol. The normalized spacial score (nSPS) is 44.6. The van der Waals surface area contributed by atoms with Gasteiger partial charge < -0.3 is 14.6 Å². The lowest BCUT2D eigenvalue weighted by atomic mass is 9.89. The van der Waals surface area contributed by atoms with Crippen molar-refractivity contribution in [2.24, 2.45) is 5.92 Å². The Morgan fingerprint density at radius 1 is 1.64 bits per heavy atom. The molecule has 0 aromatic heterocycles. The highest BCUT2D eigenvalue weighted by Gasteiger charge is 2.37. The maximum absolute atomic E-state index is 9.36. The second-order valence-corrected chi connectivity index (χ2v) is 2.94. The molecule has 1 heterocycles. The van der Waals surface area contributed by atoms with Gasteiger partial charge in [0.1, 0.15) is 7.85 Å². The first-order valence-electron chi connectivity index (χ1n) is 3.75. The molecule has 1 aliphatic heterocycles. The molecule has 1 N–H and O–H groups in total. The summed E-state index contributed by atoms with van der Waals surface area (Å²) in [6.07, 6.45) is -0.625. The van der Waals surface area contributed by atoms with E-state index in [1.165, 1.54) is 0 Å². The molecule has 0 spiro atoms. The summed E-state index contributed by atoms with van der Waals surface area (Å²) in [7, 11) is 7.07. The molecule has 0 saturated carbocycles. The summed E-state index contributed by atoms with van der Waals surface area (Å²) in [6, 6.07) is -0.551. The van der Waals surface area contributed by atoms with Crippen LogP contribution in [0.4, 0.5) is 0 Å². The Morgan fingerprint density at radius 3 is 2.64 bits per heavy atom. The summed E-state index contributed by atoms with van der Waals surface area (Å²) in [5.74, 6) is 0.0601. The summed E-state index contributed by atoms with van der Waals surface area (Å²) >= 11 is 0. The minimum Gasteiger partial charge on any atom is -0.391 e. The van der Waals surface area contributed by atoms with Crippen molar-refractivity contribution < 1.29 is 14.6 Å². The van der Waals surface area contributed by atoms with Gasteiger partial charge >= 0.3 is 0 Å². The highest BCUT2D eigenvalue weighted by molar-refractivity contribution is 6.11. The van der Waals surface area contributed by atoms with Gasteiger partial charge in [0.25, 0.3) is 0 Å². The molecule has 0 unspecified atom stereocenters. The van der Waals surface area contributed by atoms with Crippen LogP contribution >= 0.6 is 0 Å². The number of hydrogen-bond donors (Lipinski definition) is 1. The highest BCUT2D eigenvalue weighted by Crippen LogP contribution is 2.24. The molecule has 1 saturated heterocycles. The molecular formula is C7H13BO3. The number of hydrogen-bond acceptors (Lipinski definition) is 3. The summed E-state index contributed by atoms with van der Waals surface area (Å²) < 4.78 is 10.1. The third-order valence-electron chi connectivity index (χ3n) is 2.12. The molecule has 11 heavy (non-hydrogen) atoms. The second-order valence-electron chi connectivity index (χ2n) is 2.94. The zero-order valence-electron chi connectivity index (χ0n) is 6.86. The summed E-state index contributed by atoms with van der Waals surface area (Å²) in [5.41, 5.74) is 0. The van der Waals surface area contributed by atoms with Crippen LogP contribution in [0.15, 0.2) is 0 Å². The quantitative estimate of drug-likeness (QED) is 0.549. The van der Waals surface area contributed by atoms with E-state index in [1.807, 2.05) is 6.92 Å². The number of ether oxygens (including phenoxy) is 2. The Morgan fingerprint density at radius 2 is 2.27 bits per heavy atom. The molecule has 0 aromatic rings. The van der Waals surface area contributed by atoms with Crippen LogP contribution in [0.1, 0.15) is 6.92 Å². The van der Waals surface area contributed by atoms with E-state index < -0.39 is 12.1 Å². The van der Waals surface area contributed by atoms with E-state index in [1.54, 1.807) is 7.11 Å². The van der Waals surface area contributed by atoms with Crippen LogP contribution in [-0.2, 0) is 9.47 Å². The minimum absolute atomic E-state index is 0.0601. The molecule has 0 amide bonds. The smallest absolute Gasteiger partial charge is 0.112 e. The van der Waals surface area contributed by atoms with Gasteiger partial charge in [-0.05, 0) is 0 Å². The maximum Gasteiger partial charge on any atom is 0.112 e. The number of aliphatic hydroxyl groups is 1. The van der Waals surface area contributed by atoms with Gasteiger partial charge in [-0.2, -0.15) is 0 Å². The Bertz CT molecular complexity index is 131. The molecule has 3 nitrogen and oxygen atoms in total. The van der Waals surface area contributed by atoms with Crippen molar-refractivity contribution >= 4 is 7.85 Å². The first-order valence-corrected chi connectivity index (χ1v) is 3.75. The summed E-state index contributed by atoms with van der Waals surface area (Å²) in [6.45, 7) is 2.40. The van der Waals surface area contributed by atoms with Crippen molar-refractivity contribution in [2.45, 2.75) is 25.1 Å². The van der Waals surface area contributed by atoms with E-state index in [4.69, 9.17) is 17.3 Å². The number of rotatable bonds is 2. The van der Waals surface area contributed by atoms with Crippen molar-refractivity contribution in [3.63, 3.8) is 0 Å². The lowest BCUT2D eigenvalue weighted by molar-refractivity contribution is 0.00990. The molecule has 1 aliphatic rings. The van der Waals surface area contributed by atoms with Gasteiger partial charge in [0.15, 0.2) is 0 Å². The SMILES string of the molecule is [B][C@@H]1O[C@H](COC)[C@@H](C)[C@H]1O. The third-order valence-corrected chi connectivity index (χ3v) is 2.12. The van der Waals surface area contributed by atoms with Gasteiger partial charge in [-0.15, -0.1) is 0 Å². The van der Waals surface area contributed by atoms with Crippen LogP contribution in [0.25, 0.3) is 0 Å². The predicted octanol–water partition coefficient (Wildman–Crippen LogP) is -0.477. The third kappa shape index (κ3) is 1.75. The summed E-state index contributed by atoms with van der Waals surface area (Å²) in [4.78, 5) is 0. The zero-order valence-corrected chi connectivity index (χ0v) is 6.86. The molecule has 1 fully saturated rings. The fraction of sp³-hybridized carbons (Fsp3) is 1.00. The first kappa shape index (κ1) is 9.04. The predicted molar refractivity (Wildman–Crippen MR) is 41.5 cm³/mol. The van der Waals surface area contributed by atoms with Gasteiger partial charge in [-0.1, -0.05) is 6.92 Å². The molecule has 0 bridgehead atoms. The van der Waals surface area contributed by atoms with Gasteiger partial charge in [0.2, 0.25) is 0 Å². The number of methoxy groups -OCH3 is 1. The first-order chi connectivity index (χ1) is 5.16. The molecule has 0 aliphatic carbocycles. The van der Waals surface area contributed by atoms with E-state index in [9.17, 15) is 5.11 Å². The monoisotopic (exact) mass is 156 g/mol. The molecule has 62 valence electrons. The highest BCUT2D eigenvalue weighted by atomic mass is 16.5. The van der Waals surface area contributed by atoms with E-state index in [-0.39, 0.29) is 12.0 Å². The Kier molecular flexibility index (Phi) is 2.93. The van der Waals surface area contributed by atoms with Crippen LogP contribution in [0.5, 0.6) is 0 Å². The van der Waals surface area contributed by atoms with Crippen LogP contribution in [0.3, 0.4) is 0 Å². The van der Waals surface area contributed by atoms with E-state index >= 15 is 0 Å². The Balaban J connectivity index is 2.45. The minimum atomic E-state index is -0.560. The molecule has 0 aromatic carbocycles. The fourth-order valence-electron chi connectivity index (χ4n) is 1.28. The maximum atomic E-state index is 9.36. The van der Waals surface area contributed by atoms with Gasteiger partial charge in [-0.3, -0.25) is 0 Å². The second kappa shape index (κ2) is 3.56. The lowest BCUT2D eigenvalue weighted by Gasteiger charge is -2.13. The van der Waals surface area contributed by atoms with Crippen molar-refractivity contribution in [1.29, 1.82) is 0 Å². The van der Waals surface area contributed by atoms with Gasteiger partial charge in [0.05, 0.1) is 18.8 Å². The average Bonchev–Trinajstić information content (AvgIpc) is 2.19. The molecule has 4 heteroatoms. The number of aliphatic hydroxyl groups excluding tert-OH is 1. The van der Waals surface area contributed by atoms with Crippen LogP contribution in [-0.4, -0.2) is 44.9 Å².